The summed E-state index contributed by atoms with van der Waals surface area (Å²) < 4.78 is 27.6. The van der Waals surface area contributed by atoms with Crippen molar-refractivity contribution in [3.05, 3.63) is 29.3 Å². The largest absolute Gasteiger partial charge is 0.389 e. The highest BCUT2D eigenvalue weighted by Gasteiger charge is 2.23. The van der Waals surface area contributed by atoms with E-state index in [1.807, 2.05) is 0 Å². The summed E-state index contributed by atoms with van der Waals surface area (Å²) in [7, 11) is 0. The van der Waals surface area contributed by atoms with Crippen molar-refractivity contribution in [1.29, 1.82) is 0 Å². The first-order valence-electron chi connectivity index (χ1n) is 5.70. The van der Waals surface area contributed by atoms with Gasteiger partial charge in [-0.15, -0.1) is 0 Å². The van der Waals surface area contributed by atoms with Crippen LogP contribution in [0.25, 0.3) is 0 Å². The summed E-state index contributed by atoms with van der Waals surface area (Å²) >= 11 is 0. The van der Waals surface area contributed by atoms with Crippen LogP contribution in [0.5, 0.6) is 0 Å². The van der Waals surface area contributed by atoms with Gasteiger partial charge in [0.25, 0.3) is 0 Å². The first kappa shape index (κ1) is 14.6. The lowest BCUT2D eigenvalue weighted by Gasteiger charge is -2.30. The Morgan fingerprint density at radius 3 is 2.17 bits per heavy atom. The molecule has 1 aromatic carbocycles. The Balaban J connectivity index is 3.17. The highest BCUT2D eigenvalue weighted by Crippen LogP contribution is 2.25. The lowest BCUT2D eigenvalue weighted by Crippen LogP contribution is -2.39. The normalized spacial score (nSPS) is 11.4. The van der Waals surface area contributed by atoms with Crippen molar-refractivity contribution in [2.75, 3.05) is 18.0 Å². The lowest BCUT2D eigenvalue weighted by atomic mass is 10.1. The summed E-state index contributed by atoms with van der Waals surface area (Å²) in [6.45, 7) is 5.30. The Bertz CT molecular complexity index is 418. The van der Waals surface area contributed by atoms with Gasteiger partial charge in [0.15, 0.2) is 0 Å². The number of anilines is 1. The van der Waals surface area contributed by atoms with E-state index in [1.54, 1.807) is 20.8 Å². The van der Waals surface area contributed by atoms with Crippen molar-refractivity contribution in [2.24, 2.45) is 0 Å². The Morgan fingerprint density at radius 1 is 1.33 bits per heavy atom. The molecular weight excluding hydrogens is 240 g/mol. The molecule has 0 amide bonds. The van der Waals surface area contributed by atoms with E-state index in [0.717, 1.165) is 12.1 Å². The summed E-state index contributed by atoms with van der Waals surface area (Å²) in [4.78, 5) is 11.9. The van der Waals surface area contributed by atoms with Gasteiger partial charge in [-0.2, -0.15) is 0 Å². The molecule has 0 aromatic heterocycles. The topological polar surface area (TPSA) is 40.5 Å². The number of hydrogen-bond acceptors (Lipinski definition) is 3. The van der Waals surface area contributed by atoms with Crippen molar-refractivity contribution in [1.82, 2.24) is 0 Å². The van der Waals surface area contributed by atoms with Gasteiger partial charge in [0.05, 0.1) is 5.60 Å². The lowest BCUT2D eigenvalue weighted by molar-refractivity contribution is 0.0872. The quantitative estimate of drug-likeness (QED) is 0.823. The van der Waals surface area contributed by atoms with Crippen LogP contribution in [-0.2, 0) is 0 Å². The summed E-state index contributed by atoms with van der Waals surface area (Å²) in [6, 6.07) is 1.97. The molecular formula is C13H17F2NO2. The van der Waals surface area contributed by atoms with E-state index >= 15 is 0 Å². The third-order valence-corrected chi connectivity index (χ3v) is 2.45. The molecule has 0 saturated carbocycles. The van der Waals surface area contributed by atoms with Crippen molar-refractivity contribution in [3.63, 3.8) is 0 Å². The number of hydrogen-bond donors (Lipinski definition) is 1. The summed E-state index contributed by atoms with van der Waals surface area (Å²) in [5.74, 6) is -1.61. The molecule has 0 bridgehead atoms. The number of likely N-dealkylation sites (N-methyl/N-ethyl adjacent to an activating group) is 1. The second kappa shape index (κ2) is 5.44. The molecule has 100 valence electrons. The average Bonchev–Trinajstić information content (AvgIpc) is 2.24. The van der Waals surface area contributed by atoms with Crippen LogP contribution in [0.4, 0.5) is 14.5 Å². The summed E-state index contributed by atoms with van der Waals surface area (Å²) in [5, 5.41) is 9.72. The number of benzene rings is 1. The molecule has 1 aromatic rings. The van der Waals surface area contributed by atoms with Crippen molar-refractivity contribution < 1.29 is 18.7 Å². The molecule has 1 rings (SSSR count). The number of carbonyl (C=O) groups is 1. The van der Waals surface area contributed by atoms with Crippen LogP contribution in [-0.4, -0.2) is 30.1 Å². The van der Waals surface area contributed by atoms with Gasteiger partial charge in [0, 0.05) is 18.7 Å². The van der Waals surface area contributed by atoms with Gasteiger partial charge in [-0.1, -0.05) is 0 Å². The van der Waals surface area contributed by atoms with Crippen molar-refractivity contribution in [2.45, 2.75) is 26.4 Å². The van der Waals surface area contributed by atoms with E-state index in [1.165, 1.54) is 4.90 Å². The van der Waals surface area contributed by atoms with Crippen LogP contribution in [0.15, 0.2) is 12.1 Å². The Hall–Kier alpha value is -1.49. The van der Waals surface area contributed by atoms with Crippen LogP contribution in [0.1, 0.15) is 31.1 Å². The maximum absolute atomic E-state index is 13.8. The fraction of sp³-hybridized carbons (Fsp3) is 0.462. The fourth-order valence-corrected chi connectivity index (χ4v) is 1.77. The number of aliphatic hydroxyl groups is 1. The number of rotatable bonds is 5. The number of aldehydes is 1. The Labute approximate surface area is 105 Å². The molecule has 0 spiro atoms. The highest BCUT2D eigenvalue weighted by atomic mass is 19.1. The maximum atomic E-state index is 13.8. The van der Waals surface area contributed by atoms with E-state index in [9.17, 15) is 18.7 Å². The Morgan fingerprint density at radius 2 is 1.83 bits per heavy atom. The van der Waals surface area contributed by atoms with E-state index in [4.69, 9.17) is 0 Å². The van der Waals surface area contributed by atoms with Crippen LogP contribution >= 0.6 is 0 Å². The summed E-state index contributed by atoms with van der Waals surface area (Å²) in [5.41, 5.74) is -1.34. The minimum atomic E-state index is -1.07. The fourth-order valence-electron chi connectivity index (χ4n) is 1.77. The zero-order valence-electron chi connectivity index (χ0n) is 10.7. The van der Waals surface area contributed by atoms with Gasteiger partial charge < -0.3 is 10.0 Å². The minimum Gasteiger partial charge on any atom is -0.389 e. The molecule has 0 fully saturated rings. The van der Waals surface area contributed by atoms with Gasteiger partial charge in [0.1, 0.15) is 23.6 Å². The smallest absolute Gasteiger partial charge is 0.150 e. The van der Waals surface area contributed by atoms with Crippen LogP contribution in [0.3, 0.4) is 0 Å². The van der Waals surface area contributed by atoms with Gasteiger partial charge in [-0.05, 0) is 32.9 Å². The molecule has 0 aliphatic carbocycles. The monoisotopic (exact) mass is 257 g/mol. The molecule has 0 aliphatic rings. The van der Waals surface area contributed by atoms with E-state index in [0.29, 0.717) is 12.8 Å². The third-order valence-electron chi connectivity index (χ3n) is 2.45. The molecule has 0 atom stereocenters. The SMILES string of the molecule is CCN(CC(C)(C)O)c1c(F)cc(C=O)cc1F. The maximum Gasteiger partial charge on any atom is 0.150 e. The molecule has 0 radical (unpaired) electrons. The predicted octanol–water partition coefficient (Wildman–Crippen LogP) is 2.37. The Kier molecular flexibility index (Phi) is 4.40. The number of nitrogens with zero attached hydrogens (tertiary/aromatic N) is 1. The van der Waals surface area contributed by atoms with Crippen molar-refractivity contribution >= 4 is 12.0 Å². The summed E-state index contributed by atoms with van der Waals surface area (Å²) in [6.07, 6.45) is 0.391. The van der Waals surface area contributed by atoms with Gasteiger partial charge >= 0.3 is 0 Å². The van der Waals surface area contributed by atoms with Crippen molar-refractivity contribution in [3.8, 4) is 0 Å². The zero-order chi connectivity index (χ0) is 13.9. The number of carbonyl (C=O) groups excluding carboxylic acids is 1. The first-order chi connectivity index (χ1) is 8.28. The predicted molar refractivity (Wildman–Crippen MR) is 65.9 cm³/mol. The second-order valence-electron chi connectivity index (χ2n) is 4.78. The van der Waals surface area contributed by atoms with Gasteiger partial charge in [0.2, 0.25) is 0 Å². The molecule has 5 heteroatoms. The molecule has 1 N–H and O–H groups in total. The van der Waals surface area contributed by atoms with Gasteiger partial charge in [-0.3, -0.25) is 4.79 Å². The second-order valence-corrected chi connectivity index (χ2v) is 4.78. The third kappa shape index (κ3) is 3.50. The molecule has 0 unspecified atom stereocenters. The van der Waals surface area contributed by atoms with Crippen LogP contribution in [0.2, 0.25) is 0 Å². The highest BCUT2D eigenvalue weighted by molar-refractivity contribution is 5.76. The van der Waals surface area contributed by atoms with E-state index in [-0.39, 0.29) is 17.8 Å². The molecule has 0 saturated heterocycles. The van der Waals surface area contributed by atoms with Crippen LogP contribution in [0, 0.1) is 11.6 Å². The molecule has 0 heterocycles. The average molecular weight is 257 g/mol. The van der Waals surface area contributed by atoms with E-state index in [2.05, 4.69) is 0 Å². The first-order valence-corrected chi connectivity index (χ1v) is 5.70. The zero-order valence-corrected chi connectivity index (χ0v) is 10.7. The molecule has 18 heavy (non-hydrogen) atoms. The number of halogens is 2. The standard InChI is InChI=1S/C13H17F2NO2/c1-4-16(8-13(2,3)18)12-10(14)5-9(7-17)6-11(12)15/h5-7,18H,4,8H2,1-3H3. The molecule has 3 nitrogen and oxygen atoms in total. The molecule has 0 aliphatic heterocycles. The van der Waals surface area contributed by atoms with Gasteiger partial charge in [-0.25, -0.2) is 8.78 Å². The minimum absolute atomic E-state index is 0.0481. The van der Waals surface area contributed by atoms with E-state index < -0.39 is 17.2 Å². The van der Waals surface area contributed by atoms with Crippen LogP contribution < -0.4 is 4.90 Å².